The van der Waals surface area contributed by atoms with Crippen LogP contribution in [0, 0.1) is 5.92 Å². The third-order valence-corrected chi connectivity index (χ3v) is 9.86. The van der Waals surface area contributed by atoms with E-state index in [4.69, 9.17) is 24.1 Å². The zero-order valence-corrected chi connectivity index (χ0v) is 29.3. The molecule has 4 aromatic rings. The highest BCUT2D eigenvalue weighted by atomic mass is 16.7. The molecule has 6 rings (SSSR count). The Hall–Kier alpha value is -4.74. The molecule has 0 spiro atoms. The second-order valence-corrected chi connectivity index (χ2v) is 13.3. The van der Waals surface area contributed by atoms with E-state index in [-0.39, 0.29) is 43.5 Å². The summed E-state index contributed by atoms with van der Waals surface area (Å²) in [4.78, 5) is 25.3. The van der Waals surface area contributed by atoms with Crippen molar-refractivity contribution in [3.63, 3.8) is 0 Å². The minimum Gasteiger partial charge on any atom is -0.493 e. The molecule has 3 N–H and O–H groups in total. The lowest BCUT2D eigenvalue weighted by Crippen LogP contribution is -2.45. The van der Waals surface area contributed by atoms with Crippen LogP contribution in [-0.4, -0.2) is 60.4 Å². The molecule has 2 aliphatic heterocycles. The Morgan fingerprint density at radius 3 is 2.24 bits per heavy atom. The number of fused-ring (bicyclic) bond motifs is 1. The maximum atomic E-state index is 12.0. The number of benzene rings is 4. The van der Waals surface area contributed by atoms with Gasteiger partial charge in [0.25, 0.3) is 0 Å². The van der Waals surface area contributed by atoms with Crippen molar-refractivity contribution in [3.05, 3.63) is 118 Å². The Labute approximate surface area is 298 Å². The van der Waals surface area contributed by atoms with E-state index in [0.29, 0.717) is 6.54 Å². The Balaban J connectivity index is 1.19. The molecule has 0 aliphatic carbocycles. The maximum absolute atomic E-state index is 12.0. The summed E-state index contributed by atoms with van der Waals surface area (Å²) >= 11 is 0. The largest absolute Gasteiger partial charge is 0.493 e. The highest BCUT2D eigenvalue weighted by Crippen LogP contribution is 2.43. The van der Waals surface area contributed by atoms with Crippen LogP contribution in [0.2, 0.25) is 0 Å². The number of carbonyl (C=O) groups is 2. The molecule has 4 atom stereocenters. The number of carboxylic acid groups (broad SMARTS) is 1. The number of nitrogens with one attached hydrogen (secondary N) is 1. The molecule has 4 aromatic carbocycles. The van der Waals surface area contributed by atoms with Crippen LogP contribution in [-0.2, 0) is 45.2 Å². The third-order valence-electron chi connectivity index (χ3n) is 9.86. The molecule has 1 fully saturated rings. The molecular weight excluding hydrogens is 648 g/mol. The highest BCUT2D eigenvalue weighted by Gasteiger charge is 2.39. The topological polar surface area (TPSA) is 127 Å². The second kappa shape index (κ2) is 16.5. The number of aliphatic hydroxyl groups excluding tert-OH is 1. The fourth-order valence-corrected chi connectivity index (χ4v) is 6.88. The number of nitrogens with zero attached hydrogens (tertiary/aromatic N) is 1. The fraction of sp³-hybridized carbons (Fsp3) is 0.366. The molecule has 10 nitrogen and oxygen atoms in total. The van der Waals surface area contributed by atoms with Gasteiger partial charge in [-0.15, -0.1) is 0 Å². The number of amides is 1. The average molecular weight is 695 g/mol. The molecule has 1 saturated heterocycles. The Kier molecular flexibility index (Phi) is 11.7. The van der Waals surface area contributed by atoms with Gasteiger partial charge in [-0.05, 0) is 63.6 Å². The molecule has 2 heterocycles. The molecular formula is C41H46N2O8. The highest BCUT2D eigenvalue weighted by molar-refractivity contribution is 5.80. The molecule has 0 radical (unpaired) electrons. The van der Waals surface area contributed by atoms with E-state index >= 15 is 0 Å². The zero-order chi connectivity index (χ0) is 35.9. The van der Waals surface area contributed by atoms with Crippen LogP contribution in [0.25, 0.3) is 11.1 Å². The number of methoxy groups -OCH3 is 2. The van der Waals surface area contributed by atoms with E-state index in [9.17, 15) is 14.7 Å². The summed E-state index contributed by atoms with van der Waals surface area (Å²) in [5.41, 5.74) is 8.24. The van der Waals surface area contributed by atoms with Crippen molar-refractivity contribution in [1.29, 1.82) is 0 Å². The normalized spacial score (nSPS) is 20.3. The third kappa shape index (κ3) is 8.77. The SMILES string of the molecule is COc1cc2c(cc1OC)CN(C[C@@H]1O[C@H](c3ccc(-c4cccc(CNC(=O)CCC(=O)O)c4)cc3)O[C@H](c3ccc(CO)cc3)[C@@H]1C)CC2. The summed E-state index contributed by atoms with van der Waals surface area (Å²) < 4.78 is 24.6. The molecule has 0 aromatic heterocycles. The van der Waals surface area contributed by atoms with Crippen molar-refractivity contribution < 1.29 is 38.7 Å². The van der Waals surface area contributed by atoms with Gasteiger partial charge < -0.3 is 34.5 Å². The average Bonchev–Trinajstić information content (AvgIpc) is 3.16. The van der Waals surface area contributed by atoms with E-state index in [0.717, 1.165) is 70.9 Å². The first-order valence-electron chi connectivity index (χ1n) is 17.4. The van der Waals surface area contributed by atoms with Crippen molar-refractivity contribution in [1.82, 2.24) is 10.2 Å². The Morgan fingerprint density at radius 2 is 1.55 bits per heavy atom. The number of hydrogen-bond acceptors (Lipinski definition) is 8. The lowest BCUT2D eigenvalue weighted by Gasteiger charge is -2.43. The van der Waals surface area contributed by atoms with Crippen molar-refractivity contribution in [2.75, 3.05) is 27.3 Å². The van der Waals surface area contributed by atoms with Crippen LogP contribution in [0.3, 0.4) is 0 Å². The van der Waals surface area contributed by atoms with Gasteiger partial charge in [-0.2, -0.15) is 0 Å². The van der Waals surface area contributed by atoms with E-state index in [2.05, 4.69) is 29.3 Å². The first-order valence-corrected chi connectivity index (χ1v) is 17.4. The van der Waals surface area contributed by atoms with Gasteiger partial charge in [-0.1, -0.05) is 73.7 Å². The number of rotatable bonds is 13. The lowest BCUT2D eigenvalue weighted by molar-refractivity contribution is -0.276. The van der Waals surface area contributed by atoms with Crippen LogP contribution in [0.15, 0.2) is 84.9 Å². The van der Waals surface area contributed by atoms with Crippen LogP contribution in [0.4, 0.5) is 0 Å². The monoisotopic (exact) mass is 694 g/mol. The first kappa shape index (κ1) is 36.1. The van der Waals surface area contributed by atoms with Crippen molar-refractivity contribution in [3.8, 4) is 22.6 Å². The molecule has 2 aliphatic rings. The summed E-state index contributed by atoms with van der Waals surface area (Å²) in [6.07, 6.45) is -0.256. The first-order chi connectivity index (χ1) is 24.7. The smallest absolute Gasteiger partial charge is 0.303 e. The van der Waals surface area contributed by atoms with Gasteiger partial charge in [0.05, 0.1) is 39.5 Å². The van der Waals surface area contributed by atoms with Gasteiger partial charge in [0.1, 0.15) is 0 Å². The van der Waals surface area contributed by atoms with Crippen LogP contribution in [0.5, 0.6) is 11.5 Å². The van der Waals surface area contributed by atoms with Crippen LogP contribution < -0.4 is 14.8 Å². The zero-order valence-electron chi connectivity index (χ0n) is 29.3. The summed E-state index contributed by atoms with van der Waals surface area (Å²) in [7, 11) is 3.33. The van der Waals surface area contributed by atoms with Crippen molar-refractivity contribution in [2.45, 2.75) is 64.4 Å². The van der Waals surface area contributed by atoms with Crippen LogP contribution in [0.1, 0.15) is 65.5 Å². The summed E-state index contributed by atoms with van der Waals surface area (Å²) in [6, 6.07) is 28.2. The second-order valence-electron chi connectivity index (χ2n) is 13.3. The predicted molar refractivity (Wildman–Crippen MR) is 192 cm³/mol. The molecule has 10 heteroatoms. The Bertz CT molecular complexity index is 1810. The van der Waals surface area contributed by atoms with Gasteiger partial charge >= 0.3 is 5.97 Å². The van der Waals surface area contributed by atoms with E-state index in [1.165, 1.54) is 11.1 Å². The maximum Gasteiger partial charge on any atom is 0.303 e. The van der Waals surface area contributed by atoms with Gasteiger partial charge in [0.2, 0.25) is 5.91 Å². The van der Waals surface area contributed by atoms with Gasteiger partial charge in [0.15, 0.2) is 17.8 Å². The molecule has 268 valence electrons. The van der Waals surface area contributed by atoms with Crippen LogP contribution >= 0.6 is 0 Å². The molecule has 0 bridgehead atoms. The summed E-state index contributed by atoms with van der Waals surface area (Å²) in [5.74, 6) is 0.255. The van der Waals surface area contributed by atoms with E-state index < -0.39 is 12.3 Å². The molecule has 1 amide bonds. The fourth-order valence-electron chi connectivity index (χ4n) is 6.88. The Morgan fingerprint density at radius 1 is 0.843 bits per heavy atom. The number of aliphatic hydroxyl groups is 1. The predicted octanol–water partition coefficient (Wildman–Crippen LogP) is 6.19. The quantitative estimate of drug-likeness (QED) is 0.150. The molecule has 0 unspecified atom stereocenters. The number of carbonyl (C=O) groups excluding carboxylic acids is 1. The molecule has 0 saturated carbocycles. The summed E-state index contributed by atoms with van der Waals surface area (Å²) in [5, 5.41) is 21.3. The minimum atomic E-state index is -0.993. The van der Waals surface area contributed by atoms with Crippen molar-refractivity contribution in [2.24, 2.45) is 5.92 Å². The lowest BCUT2D eigenvalue weighted by atomic mass is 9.89. The number of aliphatic carboxylic acids is 1. The van der Waals surface area contributed by atoms with Gasteiger partial charge in [-0.3, -0.25) is 14.5 Å². The minimum absolute atomic E-state index is 0.0144. The van der Waals surface area contributed by atoms with Gasteiger partial charge in [0, 0.05) is 44.1 Å². The van der Waals surface area contributed by atoms with Crippen molar-refractivity contribution >= 4 is 11.9 Å². The number of ether oxygens (including phenoxy) is 4. The van der Waals surface area contributed by atoms with Gasteiger partial charge in [-0.25, -0.2) is 0 Å². The summed E-state index contributed by atoms with van der Waals surface area (Å²) in [6.45, 7) is 4.90. The number of carboxylic acids is 1. The van der Waals surface area contributed by atoms with E-state index in [1.54, 1.807) is 14.2 Å². The standard InChI is InChI=1S/C41H46N2O8/c1-26-37(24-43-18-17-33-20-35(48-2)36(49-3)21-34(33)23-43)50-41(51-40(26)30-9-7-27(25-44)8-10-30)31-13-11-29(12-14-31)32-6-4-5-28(19-32)22-42-38(45)15-16-39(46)47/h4-14,19-21,26,37,40-41,44H,15-18,22-25H2,1-3H3,(H,42,45)(H,46,47)/t26-,37+,40+,41+/m1/s1. The molecule has 51 heavy (non-hydrogen) atoms. The number of hydrogen-bond donors (Lipinski definition) is 3. The van der Waals surface area contributed by atoms with E-state index in [1.807, 2.05) is 72.8 Å².